The molecule has 0 aliphatic heterocycles. The third-order valence-electron chi connectivity index (χ3n) is 4.43. The van der Waals surface area contributed by atoms with Crippen molar-refractivity contribution in [3.63, 3.8) is 0 Å². The summed E-state index contributed by atoms with van der Waals surface area (Å²) in [5.41, 5.74) is 5.20. The van der Waals surface area contributed by atoms with E-state index >= 15 is 0 Å². The highest BCUT2D eigenvalue weighted by molar-refractivity contribution is 5.83. The van der Waals surface area contributed by atoms with Crippen LogP contribution in [0.5, 0.6) is 11.5 Å². The van der Waals surface area contributed by atoms with Crippen molar-refractivity contribution >= 4 is 11.9 Å². The summed E-state index contributed by atoms with van der Waals surface area (Å²) in [6.45, 7) is 6.97. The number of hydrogen-bond donors (Lipinski definition) is 0. The first-order chi connectivity index (χ1) is 13.5. The zero-order chi connectivity index (χ0) is 19.9. The van der Waals surface area contributed by atoms with E-state index < -0.39 is 0 Å². The summed E-state index contributed by atoms with van der Waals surface area (Å²) in [5.74, 6) is 1.05. The Morgan fingerprint density at radius 1 is 0.857 bits per heavy atom. The minimum Gasteiger partial charge on any atom is -0.490 e. The van der Waals surface area contributed by atoms with Crippen molar-refractivity contribution in [2.24, 2.45) is 4.99 Å². The van der Waals surface area contributed by atoms with Crippen molar-refractivity contribution < 1.29 is 13.9 Å². The van der Waals surface area contributed by atoms with Gasteiger partial charge >= 0.3 is 0 Å². The van der Waals surface area contributed by atoms with Crippen LogP contribution in [0.15, 0.2) is 65.7 Å². The van der Waals surface area contributed by atoms with E-state index in [1.165, 1.54) is 23.3 Å². The van der Waals surface area contributed by atoms with Crippen LogP contribution in [0.1, 0.15) is 29.2 Å². The number of halogens is 1. The molecule has 0 aromatic heterocycles. The molecule has 3 aromatic carbocycles. The van der Waals surface area contributed by atoms with Crippen LogP contribution in [0.4, 0.5) is 10.1 Å². The molecule has 0 unspecified atom stereocenters. The topological polar surface area (TPSA) is 30.8 Å². The molecule has 0 aliphatic carbocycles. The Bertz CT molecular complexity index is 965. The molecule has 0 fully saturated rings. The van der Waals surface area contributed by atoms with Crippen molar-refractivity contribution in [3.8, 4) is 11.5 Å². The first-order valence-corrected chi connectivity index (χ1v) is 9.30. The fourth-order valence-corrected chi connectivity index (χ4v) is 2.69. The van der Waals surface area contributed by atoms with Gasteiger partial charge in [0.05, 0.1) is 12.3 Å². The molecular weight excluding hydrogens is 353 g/mol. The summed E-state index contributed by atoms with van der Waals surface area (Å²) < 4.78 is 24.6. The van der Waals surface area contributed by atoms with Gasteiger partial charge in [-0.25, -0.2) is 4.39 Å². The van der Waals surface area contributed by atoms with Crippen LogP contribution >= 0.6 is 0 Å². The Morgan fingerprint density at radius 2 is 1.64 bits per heavy atom. The quantitative estimate of drug-likeness (QED) is 0.461. The molecule has 3 nitrogen and oxygen atoms in total. The van der Waals surface area contributed by atoms with Crippen LogP contribution in [0, 0.1) is 19.7 Å². The van der Waals surface area contributed by atoms with Gasteiger partial charge in [-0.2, -0.15) is 0 Å². The molecule has 28 heavy (non-hydrogen) atoms. The Hall–Kier alpha value is -3.14. The average molecular weight is 377 g/mol. The Morgan fingerprint density at radius 3 is 2.36 bits per heavy atom. The lowest BCUT2D eigenvalue weighted by atomic mass is 10.1. The minimum atomic E-state index is -0.258. The normalized spacial score (nSPS) is 11.0. The minimum absolute atomic E-state index is 0.258. The van der Waals surface area contributed by atoms with Gasteiger partial charge in [0.25, 0.3) is 0 Å². The van der Waals surface area contributed by atoms with Crippen molar-refractivity contribution in [3.05, 3.63) is 88.7 Å². The fraction of sp³-hybridized carbons (Fsp3) is 0.208. The van der Waals surface area contributed by atoms with E-state index in [1.807, 2.05) is 37.4 Å². The SMILES string of the molecule is CCOc1cc(C=Nc2ccc(C)c(C)c2)ccc1OCc1ccc(F)cc1. The van der Waals surface area contributed by atoms with Gasteiger partial charge in [-0.15, -0.1) is 0 Å². The molecule has 0 radical (unpaired) electrons. The zero-order valence-corrected chi connectivity index (χ0v) is 16.4. The monoisotopic (exact) mass is 377 g/mol. The van der Waals surface area contributed by atoms with Gasteiger partial charge in [0.2, 0.25) is 0 Å². The molecule has 4 heteroatoms. The molecule has 0 bridgehead atoms. The molecule has 3 rings (SSSR count). The number of ether oxygens (including phenoxy) is 2. The van der Waals surface area contributed by atoms with E-state index in [-0.39, 0.29) is 5.82 Å². The maximum Gasteiger partial charge on any atom is 0.161 e. The molecule has 144 valence electrons. The van der Waals surface area contributed by atoms with Gasteiger partial charge in [0.15, 0.2) is 11.5 Å². The highest BCUT2D eigenvalue weighted by Gasteiger charge is 2.07. The van der Waals surface area contributed by atoms with Gasteiger partial charge < -0.3 is 9.47 Å². The lowest BCUT2D eigenvalue weighted by Gasteiger charge is -2.12. The Labute approximate surface area is 165 Å². The van der Waals surface area contributed by atoms with Crippen molar-refractivity contribution in [1.29, 1.82) is 0 Å². The second-order valence-corrected chi connectivity index (χ2v) is 6.58. The van der Waals surface area contributed by atoms with Crippen LogP contribution < -0.4 is 9.47 Å². The van der Waals surface area contributed by atoms with E-state index in [0.717, 1.165) is 16.8 Å². The largest absolute Gasteiger partial charge is 0.490 e. The van der Waals surface area contributed by atoms with Gasteiger partial charge in [0.1, 0.15) is 12.4 Å². The summed E-state index contributed by atoms with van der Waals surface area (Å²) in [6.07, 6.45) is 1.82. The smallest absolute Gasteiger partial charge is 0.161 e. The van der Waals surface area contributed by atoms with E-state index in [0.29, 0.717) is 24.7 Å². The van der Waals surface area contributed by atoms with Crippen LogP contribution in [-0.4, -0.2) is 12.8 Å². The third kappa shape index (κ3) is 5.19. The first kappa shape index (κ1) is 19.6. The summed E-state index contributed by atoms with van der Waals surface area (Å²) in [6, 6.07) is 18.1. The van der Waals surface area contributed by atoms with Gasteiger partial charge in [-0.3, -0.25) is 4.99 Å². The molecule has 0 amide bonds. The van der Waals surface area contributed by atoms with Crippen LogP contribution in [0.2, 0.25) is 0 Å². The lowest BCUT2D eigenvalue weighted by molar-refractivity contribution is 0.269. The number of aryl methyl sites for hydroxylation is 2. The number of aliphatic imine (C=N–C) groups is 1. The molecule has 3 aromatic rings. The van der Waals surface area contributed by atoms with E-state index in [4.69, 9.17) is 9.47 Å². The van der Waals surface area contributed by atoms with E-state index in [2.05, 4.69) is 31.0 Å². The van der Waals surface area contributed by atoms with E-state index in [9.17, 15) is 4.39 Å². The van der Waals surface area contributed by atoms with Gasteiger partial charge in [-0.05, 0) is 85.5 Å². The fourth-order valence-electron chi connectivity index (χ4n) is 2.69. The van der Waals surface area contributed by atoms with Crippen molar-refractivity contribution in [2.75, 3.05) is 6.61 Å². The number of benzene rings is 3. The Kier molecular flexibility index (Phi) is 6.43. The summed E-state index contributed by atoms with van der Waals surface area (Å²) >= 11 is 0. The van der Waals surface area contributed by atoms with Crippen molar-refractivity contribution in [1.82, 2.24) is 0 Å². The maximum absolute atomic E-state index is 13.0. The molecule has 0 N–H and O–H groups in total. The van der Waals surface area contributed by atoms with Crippen molar-refractivity contribution in [2.45, 2.75) is 27.4 Å². The zero-order valence-electron chi connectivity index (χ0n) is 16.4. The molecule has 0 atom stereocenters. The molecule has 0 spiro atoms. The predicted octanol–water partition coefficient (Wildman–Crippen LogP) is 6.17. The third-order valence-corrected chi connectivity index (χ3v) is 4.43. The number of nitrogens with zero attached hydrogens (tertiary/aromatic N) is 1. The molecule has 0 saturated heterocycles. The number of hydrogen-bond acceptors (Lipinski definition) is 3. The highest BCUT2D eigenvalue weighted by atomic mass is 19.1. The maximum atomic E-state index is 13.0. The predicted molar refractivity (Wildman–Crippen MR) is 112 cm³/mol. The van der Waals surface area contributed by atoms with Crippen LogP contribution in [0.3, 0.4) is 0 Å². The molecule has 0 heterocycles. The average Bonchev–Trinajstić information content (AvgIpc) is 2.69. The van der Waals surface area contributed by atoms with Gasteiger partial charge in [0, 0.05) is 6.21 Å². The first-order valence-electron chi connectivity index (χ1n) is 9.30. The summed E-state index contributed by atoms with van der Waals surface area (Å²) in [4.78, 5) is 4.55. The number of rotatable bonds is 7. The highest BCUT2D eigenvalue weighted by Crippen LogP contribution is 2.29. The van der Waals surface area contributed by atoms with E-state index in [1.54, 1.807) is 12.1 Å². The standard InChI is InChI=1S/C24H24FNO2/c1-4-27-24-14-20(15-26-22-11-5-17(2)18(3)13-22)8-12-23(24)28-16-19-6-9-21(25)10-7-19/h5-15H,4,16H2,1-3H3. The molecular formula is C24H24FNO2. The van der Waals surface area contributed by atoms with Gasteiger partial charge in [-0.1, -0.05) is 18.2 Å². The van der Waals surface area contributed by atoms with Crippen LogP contribution in [-0.2, 0) is 6.61 Å². The molecule has 0 saturated carbocycles. The Balaban J connectivity index is 1.75. The molecule has 0 aliphatic rings. The second kappa shape index (κ2) is 9.18. The van der Waals surface area contributed by atoms with Crippen LogP contribution in [0.25, 0.3) is 0 Å². The summed E-state index contributed by atoms with van der Waals surface area (Å²) in [5, 5.41) is 0. The second-order valence-electron chi connectivity index (χ2n) is 6.58. The lowest BCUT2D eigenvalue weighted by Crippen LogP contribution is -2.00. The summed E-state index contributed by atoms with van der Waals surface area (Å²) in [7, 11) is 0.